The van der Waals surface area contributed by atoms with E-state index in [0.717, 1.165) is 11.6 Å². The lowest BCUT2D eigenvalue weighted by atomic mass is 9.98. The van der Waals surface area contributed by atoms with E-state index in [0.29, 0.717) is 17.7 Å². The van der Waals surface area contributed by atoms with Crippen molar-refractivity contribution in [2.75, 3.05) is 26.8 Å². The van der Waals surface area contributed by atoms with Crippen LogP contribution in [0, 0.1) is 11.6 Å². The van der Waals surface area contributed by atoms with Gasteiger partial charge >= 0.3 is 0 Å². The monoisotopic (exact) mass is 477 g/mol. The molecule has 0 unspecified atom stereocenters. The van der Waals surface area contributed by atoms with Gasteiger partial charge in [-0.2, -0.15) is 5.10 Å². The Bertz CT molecular complexity index is 1230. The third-order valence-electron chi connectivity index (χ3n) is 5.79. The fourth-order valence-electron chi connectivity index (χ4n) is 4.03. The van der Waals surface area contributed by atoms with Crippen LogP contribution >= 0.6 is 0 Å². The van der Waals surface area contributed by atoms with Crippen molar-refractivity contribution >= 4 is 17.5 Å². The molecule has 180 valence electrons. The number of rotatable bonds is 8. The highest BCUT2D eigenvalue weighted by Crippen LogP contribution is 2.33. The van der Waals surface area contributed by atoms with Crippen LogP contribution in [-0.4, -0.2) is 54.2 Å². The molecule has 0 radical (unpaired) electrons. The lowest BCUT2D eigenvalue weighted by Crippen LogP contribution is -2.42. The average molecular weight is 478 g/mol. The Hall–Kier alpha value is -3.91. The summed E-state index contributed by atoms with van der Waals surface area (Å²) < 4.78 is 33.3. The van der Waals surface area contributed by atoms with Gasteiger partial charge in [0.05, 0.1) is 18.4 Å². The van der Waals surface area contributed by atoms with E-state index < -0.39 is 29.5 Å². The van der Waals surface area contributed by atoms with Crippen LogP contribution in [0.4, 0.5) is 8.78 Å². The molecule has 0 bridgehead atoms. The molecule has 4 rings (SSSR count). The zero-order chi connectivity index (χ0) is 24.8. The summed E-state index contributed by atoms with van der Waals surface area (Å²) in [5.74, 6) is -1.90. The maximum absolute atomic E-state index is 14.5. The molecular formula is C27H25F2N3O3. The third-order valence-corrected chi connectivity index (χ3v) is 5.79. The van der Waals surface area contributed by atoms with Crippen LogP contribution in [0.1, 0.15) is 33.9 Å². The fraction of sp³-hybridized carbons (Fsp3) is 0.222. The summed E-state index contributed by atoms with van der Waals surface area (Å²) >= 11 is 0. The van der Waals surface area contributed by atoms with Crippen LogP contribution < -0.4 is 0 Å². The molecule has 1 aliphatic rings. The quantitative estimate of drug-likeness (QED) is 0.482. The molecule has 0 spiro atoms. The number of hydrogen-bond donors (Lipinski definition) is 0. The van der Waals surface area contributed by atoms with Gasteiger partial charge in [0.25, 0.3) is 11.8 Å². The zero-order valence-corrected chi connectivity index (χ0v) is 19.2. The van der Waals surface area contributed by atoms with Gasteiger partial charge in [0.2, 0.25) is 0 Å². The van der Waals surface area contributed by atoms with Gasteiger partial charge in [-0.1, -0.05) is 54.6 Å². The molecular weight excluding hydrogens is 452 g/mol. The first-order valence-electron chi connectivity index (χ1n) is 11.2. The Morgan fingerprint density at radius 2 is 1.77 bits per heavy atom. The standard InChI is InChI=1S/C27H25F2N3O3/c1-35-15-14-31(27(34)20-10-7-11-21(28)16-20)18-26(33)32-25(19-8-3-2-4-9-19)17-24(30-32)22-12-5-6-13-23(22)29/h2-13,16,25H,14-15,17-18H2,1H3/t25-/m1/s1. The van der Waals surface area contributed by atoms with Gasteiger partial charge < -0.3 is 9.64 Å². The minimum absolute atomic E-state index is 0.130. The van der Waals surface area contributed by atoms with E-state index in [2.05, 4.69) is 5.10 Å². The molecule has 0 N–H and O–H groups in total. The van der Waals surface area contributed by atoms with Crippen LogP contribution in [0.2, 0.25) is 0 Å². The summed E-state index contributed by atoms with van der Waals surface area (Å²) in [4.78, 5) is 27.9. The summed E-state index contributed by atoms with van der Waals surface area (Å²) in [7, 11) is 1.49. The lowest BCUT2D eigenvalue weighted by molar-refractivity contribution is -0.133. The van der Waals surface area contributed by atoms with Gasteiger partial charge in [-0.05, 0) is 29.8 Å². The van der Waals surface area contributed by atoms with E-state index >= 15 is 0 Å². The minimum Gasteiger partial charge on any atom is -0.383 e. The second kappa shape index (κ2) is 11.0. The first-order chi connectivity index (χ1) is 17.0. The highest BCUT2D eigenvalue weighted by molar-refractivity contribution is 6.04. The van der Waals surface area contributed by atoms with Crippen molar-refractivity contribution in [1.29, 1.82) is 0 Å². The van der Waals surface area contributed by atoms with E-state index in [9.17, 15) is 18.4 Å². The zero-order valence-electron chi connectivity index (χ0n) is 19.2. The Kier molecular flexibility index (Phi) is 7.62. The topological polar surface area (TPSA) is 62.2 Å². The van der Waals surface area contributed by atoms with Crippen LogP contribution in [0.5, 0.6) is 0 Å². The highest BCUT2D eigenvalue weighted by atomic mass is 19.1. The van der Waals surface area contributed by atoms with Gasteiger partial charge in [0.1, 0.15) is 18.2 Å². The van der Waals surface area contributed by atoms with Crippen molar-refractivity contribution in [2.45, 2.75) is 12.5 Å². The Balaban J connectivity index is 1.63. The van der Waals surface area contributed by atoms with Gasteiger partial charge in [0, 0.05) is 31.2 Å². The molecule has 6 nitrogen and oxygen atoms in total. The Morgan fingerprint density at radius 3 is 2.49 bits per heavy atom. The SMILES string of the molecule is COCCN(CC(=O)N1N=C(c2ccccc2F)C[C@@H]1c1ccccc1)C(=O)c1cccc(F)c1. The number of methoxy groups -OCH3 is 1. The summed E-state index contributed by atoms with van der Waals surface area (Å²) in [5, 5.41) is 5.80. The van der Waals surface area contributed by atoms with E-state index in [1.165, 1.54) is 41.3 Å². The minimum atomic E-state index is -0.545. The lowest BCUT2D eigenvalue weighted by Gasteiger charge is -2.27. The number of hydrogen-bond acceptors (Lipinski definition) is 4. The van der Waals surface area contributed by atoms with E-state index in [-0.39, 0.29) is 25.3 Å². The number of carbonyl (C=O) groups is 2. The molecule has 0 aromatic heterocycles. The molecule has 8 heteroatoms. The van der Waals surface area contributed by atoms with Gasteiger partial charge in [-0.25, -0.2) is 13.8 Å². The van der Waals surface area contributed by atoms with Crippen LogP contribution in [0.15, 0.2) is 84.0 Å². The van der Waals surface area contributed by atoms with Crippen LogP contribution in [0.3, 0.4) is 0 Å². The van der Waals surface area contributed by atoms with E-state index in [1.807, 2.05) is 30.3 Å². The molecule has 2 amide bonds. The van der Waals surface area contributed by atoms with Gasteiger partial charge in [0.15, 0.2) is 0 Å². The molecule has 0 saturated carbocycles. The number of carbonyl (C=O) groups excluding carboxylic acids is 2. The highest BCUT2D eigenvalue weighted by Gasteiger charge is 2.35. The summed E-state index contributed by atoms with van der Waals surface area (Å²) in [5.41, 5.74) is 1.75. The molecule has 0 fully saturated rings. The number of ether oxygens (including phenoxy) is 1. The van der Waals surface area contributed by atoms with Crippen molar-refractivity contribution in [2.24, 2.45) is 5.10 Å². The van der Waals surface area contributed by atoms with Crippen LogP contribution in [0.25, 0.3) is 0 Å². The number of benzene rings is 3. The number of nitrogens with zero attached hydrogens (tertiary/aromatic N) is 3. The molecule has 1 atom stereocenters. The smallest absolute Gasteiger partial charge is 0.262 e. The van der Waals surface area contributed by atoms with Crippen LogP contribution in [-0.2, 0) is 9.53 Å². The Morgan fingerprint density at radius 1 is 1.03 bits per heavy atom. The maximum atomic E-state index is 14.5. The molecule has 3 aromatic carbocycles. The first-order valence-corrected chi connectivity index (χ1v) is 11.2. The average Bonchev–Trinajstić information content (AvgIpc) is 3.32. The predicted octanol–water partition coefficient (Wildman–Crippen LogP) is 4.43. The summed E-state index contributed by atoms with van der Waals surface area (Å²) in [6.07, 6.45) is 0.326. The number of amides is 2. The van der Waals surface area contributed by atoms with Crippen molar-refractivity contribution in [3.63, 3.8) is 0 Å². The summed E-state index contributed by atoms with van der Waals surface area (Å²) in [6, 6.07) is 20.5. The second-order valence-corrected chi connectivity index (χ2v) is 8.13. The molecule has 1 heterocycles. The maximum Gasteiger partial charge on any atom is 0.262 e. The number of halogens is 2. The largest absolute Gasteiger partial charge is 0.383 e. The van der Waals surface area contributed by atoms with Crippen molar-refractivity contribution in [3.05, 3.63) is 107 Å². The first kappa shape index (κ1) is 24.2. The van der Waals surface area contributed by atoms with Crippen molar-refractivity contribution in [3.8, 4) is 0 Å². The normalized spacial score (nSPS) is 15.1. The van der Waals surface area contributed by atoms with Gasteiger partial charge in [-0.15, -0.1) is 0 Å². The van der Waals surface area contributed by atoms with E-state index in [4.69, 9.17) is 4.74 Å². The molecule has 35 heavy (non-hydrogen) atoms. The molecule has 1 aliphatic heterocycles. The predicted molar refractivity (Wildman–Crippen MR) is 128 cm³/mol. The summed E-state index contributed by atoms with van der Waals surface area (Å²) in [6.45, 7) is 0.0294. The second-order valence-electron chi connectivity index (χ2n) is 8.13. The third kappa shape index (κ3) is 5.60. The molecule has 3 aromatic rings. The van der Waals surface area contributed by atoms with Crippen molar-refractivity contribution < 1.29 is 23.1 Å². The van der Waals surface area contributed by atoms with Gasteiger partial charge in [-0.3, -0.25) is 9.59 Å². The van der Waals surface area contributed by atoms with E-state index in [1.54, 1.807) is 18.2 Å². The molecule has 0 aliphatic carbocycles. The fourth-order valence-corrected chi connectivity index (χ4v) is 4.03. The Labute approximate surface area is 202 Å². The number of hydrazone groups is 1. The molecule has 0 saturated heterocycles. The van der Waals surface area contributed by atoms with Crippen molar-refractivity contribution in [1.82, 2.24) is 9.91 Å².